The van der Waals surface area contributed by atoms with Gasteiger partial charge in [0.15, 0.2) is 0 Å². The summed E-state index contributed by atoms with van der Waals surface area (Å²) in [5.41, 5.74) is 3.13. The summed E-state index contributed by atoms with van der Waals surface area (Å²) < 4.78 is 5.81. The number of carbonyl (C=O) groups excluding carboxylic acids is 1. The van der Waals surface area contributed by atoms with Crippen molar-refractivity contribution in [3.8, 4) is 5.75 Å². The summed E-state index contributed by atoms with van der Waals surface area (Å²) in [6.07, 6.45) is 0.785. The summed E-state index contributed by atoms with van der Waals surface area (Å²) >= 11 is 6.16. The number of hydrogen-bond donors (Lipinski definition) is 1. The topological polar surface area (TPSA) is 50.2 Å². The number of Topliss-reactive ketones (excluding diaryl/α,β-unsaturated/α-hetero) is 1. The highest BCUT2D eigenvalue weighted by Gasteiger charge is 2.13. The maximum absolute atomic E-state index is 11.8. The molecule has 0 aliphatic carbocycles. The molecular formula is C17H16ClNO2. The minimum absolute atomic E-state index is 0.193. The zero-order valence-corrected chi connectivity index (χ0v) is 12.7. The number of ketones is 1. The number of rotatable bonds is 5. The SMILES string of the molecule is Cc1ccc(C)c(OCc2c(Cl)cccc2C(=O)C=N)c1. The lowest BCUT2D eigenvalue weighted by atomic mass is 10.0. The average molecular weight is 302 g/mol. The van der Waals surface area contributed by atoms with E-state index in [0.29, 0.717) is 16.1 Å². The number of carbonyl (C=O) groups is 1. The Hall–Kier alpha value is -2.13. The quantitative estimate of drug-likeness (QED) is 0.658. The molecule has 0 spiro atoms. The molecule has 0 heterocycles. The van der Waals surface area contributed by atoms with Crippen LogP contribution in [-0.4, -0.2) is 12.0 Å². The van der Waals surface area contributed by atoms with Gasteiger partial charge in [-0.3, -0.25) is 4.79 Å². The van der Waals surface area contributed by atoms with Crippen molar-refractivity contribution in [2.75, 3.05) is 0 Å². The highest BCUT2D eigenvalue weighted by Crippen LogP contribution is 2.25. The van der Waals surface area contributed by atoms with Gasteiger partial charge in [0.25, 0.3) is 0 Å². The van der Waals surface area contributed by atoms with Gasteiger partial charge in [0.1, 0.15) is 12.4 Å². The van der Waals surface area contributed by atoms with Gasteiger partial charge in [-0.25, -0.2) is 0 Å². The molecule has 0 aromatic heterocycles. The number of ether oxygens (including phenoxy) is 1. The van der Waals surface area contributed by atoms with Crippen molar-refractivity contribution in [1.29, 1.82) is 5.41 Å². The van der Waals surface area contributed by atoms with E-state index in [9.17, 15) is 4.79 Å². The second-order valence-electron chi connectivity index (χ2n) is 4.83. The van der Waals surface area contributed by atoms with Crippen molar-refractivity contribution in [3.05, 3.63) is 63.7 Å². The summed E-state index contributed by atoms with van der Waals surface area (Å²) in [4.78, 5) is 11.8. The summed E-state index contributed by atoms with van der Waals surface area (Å²) in [6.45, 7) is 4.15. The fourth-order valence-electron chi connectivity index (χ4n) is 2.03. The number of hydrogen-bond acceptors (Lipinski definition) is 3. The molecule has 0 fully saturated rings. The largest absolute Gasteiger partial charge is 0.489 e. The van der Waals surface area contributed by atoms with E-state index in [2.05, 4.69) is 0 Å². The molecule has 21 heavy (non-hydrogen) atoms. The van der Waals surface area contributed by atoms with Crippen LogP contribution in [0.3, 0.4) is 0 Å². The molecule has 1 N–H and O–H groups in total. The van der Waals surface area contributed by atoms with Crippen LogP contribution in [0.15, 0.2) is 36.4 Å². The Morgan fingerprint density at radius 2 is 2.05 bits per heavy atom. The number of benzene rings is 2. The van der Waals surface area contributed by atoms with Gasteiger partial charge in [-0.1, -0.05) is 35.9 Å². The molecule has 0 aliphatic rings. The molecule has 0 aliphatic heterocycles. The van der Waals surface area contributed by atoms with Crippen LogP contribution in [-0.2, 0) is 6.61 Å². The lowest BCUT2D eigenvalue weighted by Gasteiger charge is -2.13. The maximum atomic E-state index is 11.8. The van der Waals surface area contributed by atoms with E-state index in [1.54, 1.807) is 18.2 Å². The third-order valence-corrected chi connectivity index (χ3v) is 3.59. The van der Waals surface area contributed by atoms with Gasteiger partial charge in [0.2, 0.25) is 5.78 Å². The molecular weight excluding hydrogens is 286 g/mol. The smallest absolute Gasteiger partial charge is 0.203 e. The van der Waals surface area contributed by atoms with Crippen molar-refractivity contribution in [1.82, 2.24) is 0 Å². The molecule has 0 atom stereocenters. The minimum atomic E-state index is -0.378. The van der Waals surface area contributed by atoms with Gasteiger partial charge in [-0.05, 0) is 37.1 Å². The van der Waals surface area contributed by atoms with Crippen LogP contribution in [0.5, 0.6) is 5.75 Å². The zero-order valence-electron chi connectivity index (χ0n) is 11.9. The number of nitrogens with one attached hydrogen (secondary N) is 1. The Morgan fingerprint density at radius 1 is 1.29 bits per heavy atom. The molecule has 2 aromatic rings. The third-order valence-electron chi connectivity index (χ3n) is 3.23. The molecule has 2 aromatic carbocycles. The van der Waals surface area contributed by atoms with E-state index in [-0.39, 0.29) is 12.4 Å². The normalized spacial score (nSPS) is 10.2. The molecule has 0 saturated carbocycles. The minimum Gasteiger partial charge on any atom is -0.489 e. The van der Waals surface area contributed by atoms with Crippen molar-refractivity contribution >= 4 is 23.6 Å². The number of aryl methyl sites for hydroxylation is 2. The molecule has 0 amide bonds. The Kier molecular flexibility index (Phi) is 4.76. The maximum Gasteiger partial charge on any atom is 0.203 e. The van der Waals surface area contributed by atoms with E-state index in [0.717, 1.165) is 23.1 Å². The lowest BCUT2D eigenvalue weighted by Crippen LogP contribution is -2.08. The number of halogens is 1. The van der Waals surface area contributed by atoms with Crippen LogP contribution >= 0.6 is 11.6 Å². The van der Waals surface area contributed by atoms with Crippen LogP contribution in [0.25, 0.3) is 0 Å². The fraction of sp³-hybridized carbons (Fsp3) is 0.176. The molecule has 0 saturated heterocycles. The van der Waals surface area contributed by atoms with Gasteiger partial charge < -0.3 is 10.1 Å². The predicted molar refractivity (Wildman–Crippen MR) is 84.8 cm³/mol. The summed E-state index contributed by atoms with van der Waals surface area (Å²) in [7, 11) is 0. The van der Waals surface area contributed by atoms with Crippen LogP contribution in [0.1, 0.15) is 27.0 Å². The second-order valence-corrected chi connectivity index (χ2v) is 5.24. The highest BCUT2D eigenvalue weighted by molar-refractivity contribution is 6.37. The van der Waals surface area contributed by atoms with Gasteiger partial charge in [0.05, 0.1) is 6.21 Å². The van der Waals surface area contributed by atoms with E-state index in [4.69, 9.17) is 21.7 Å². The Labute approximate surface area is 129 Å². The van der Waals surface area contributed by atoms with E-state index in [1.165, 1.54) is 0 Å². The summed E-state index contributed by atoms with van der Waals surface area (Å²) in [5.74, 6) is 0.389. The van der Waals surface area contributed by atoms with Crippen LogP contribution in [0.4, 0.5) is 0 Å². The van der Waals surface area contributed by atoms with E-state index < -0.39 is 0 Å². The van der Waals surface area contributed by atoms with Crippen molar-refractivity contribution in [2.45, 2.75) is 20.5 Å². The molecule has 0 radical (unpaired) electrons. The molecule has 0 unspecified atom stereocenters. The molecule has 0 bridgehead atoms. The van der Waals surface area contributed by atoms with Crippen LogP contribution < -0.4 is 4.74 Å². The van der Waals surface area contributed by atoms with Crippen LogP contribution in [0.2, 0.25) is 5.02 Å². The summed E-state index contributed by atoms with van der Waals surface area (Å²) in [5, 5.41) is 7.58. The van der Waals surface area contributed by atoms with Gasteiger partial charge in [-0.15, -0.1) is 0 Å². The standard InChI is InChI=1S/C17H16ClNO2/c1-11-6-7-12(2)17(8-11)21-10-14-13(16(20)9-19)4-3-5-15(14)18/h3-9,19H,10H2,1-2H3. The summed E-state index contributed by atoms with van der Waals surface area (Å²) in [6, 6.07) is 11.0. The average Bonchev–Trinajstić information content (AvgIpc) is 2.48. The second kappa shape index (κ2) is 6.55. The van der Waals surface area contributed by atoms with Crippen LogP contribution in [0, 0.1) is 19.3 Å². The molecule has 4 heteroatoms. The van der Waals surface area contributed by atoms with E-state index in [1.807, 2.05) is 32.0 Å². The Morgan fingerprint density at radius 3 is 2.76 bits per heavy atom. The first kappa shape index (κ1) is 15.3. The third kappa shape index (κ3) is 3.50. The van der Waals surface area contributed by atoms with Gasteiger partial charge in [-0.2, -0.15) is 0 Å². The first-order valence-electron chi connectivity index (χ1n) is 6.55. The zero-order chi connectivity index (χ0) is 15.4. The molecule has 108 valence electrons. The van der Waals surface area contributed by atoms with Gasteiger partial charge >= 0.3 is 0 Å². The predicted octanol–water partition coefficient (Wildman–Crippen LogP) is 4.37. The fourth-order valence-corrected chi connectivity index (χ4v) is 2.26. The molecule has 3 nitrogen and oxygen atoms in total. The lowest BCUT2D eigenvalue weighted by molar-refractivity contribution is 0.106. The van der Waals surface area contributed by atoms with Gasteiger partial charge in [0, 0.05) is 16.1 Å². The Balaban J connectivity index is 2.29. The van der Waals surface area contributed by atoms with Crippen molar-refractivity contribution in [2.24, 2.45) is 0 Å². The Bertz CT molecular complexity index is 695. The monoisotopic (exact) mass is 301 g/mol. The first-order chi connectivity index (χ1) is 10.0. The van der Waals surface area contributed by atoms with Crippen molar-refractivity contribution in [3.63, 3.8) is 0 Å². The van der Waals surface area contributed by atoms with Crippen molar-refractivity contribution < 1.29 is 9.53 Å². The molecule has 2 rings (SSSR count). The van der Waals surface area contributed by atoms with E-state index >= 15 is 0 Å². The first-order valence-corrected chi connectivity index (χ1v) is 6.93. The highest BCUT2D eigenvalue weighted by atomic mass is 35.5.